The Hall–Kier alpha value is -2.53. The lowest BCUT2D eigenvalue weighted by molar-refractivity contribution is -0.116. The number of nitrogens with one attached hydrogen (secondary N) is 1. The first-order chi connectivity index (χ1) is 13.7. The highest BCUT2D eigenvalue weighted by molar-refractivity contribution is 5.90. The monoisotopic (exact) mass is 383 g/mol. The smallest absolute Gasteiger partial charge is 0.224 e. The van der Waals surface area contributed by atoms with E-state index in [1.54, 1.807) is 7.11 Å². The van der Waals surface area contributed by atoms with Crippen LogP contribution in [0.2, 0.25) is 0 Å². The number of aryl methyl sites for hydroxylation is 1. The molecule has 0 bridgehead atoms. The third-order valence-corrected chi connectivity index (χ3v) is 4.84. The molecule has 0 atom stereocenters. The van der Waals surface area contributed by atoms with Crippen LogP contribution in [0.5, 0.6) is 11.5 Å². The van der Waals surface area contributed by atoms with Crippen molar-refractivity contribution in [1.82, 2.24) is 0 Å². The van der Waals surface area contributed by atoms with Crippen molar-refractivity contribution in [3.63, 3.8) is 0 Å². The van der Waals surface area contributed by atoms with Gasteiger partial charge in [0.25, 0.3) is 0 Å². The average Bonchev–Trinajstić information content (AvgIpc) is 3.21. The largest absolute Gasteiger partial charge is 0.491 e. The van der Waals surface area contributed by atoms with Crippen LogP contribution in [0.4, 0.5) is 5.69 Å². The molecule has 0 unspecified atom stereocenters. The summed E-state index contributed by atoms with van der Waals surface area (Å²) in [7, 11) is 1.64. The number of carbonyl (C=O) groups excluding carboxylic acids is 1. The lowest BCUT2D eigenvalue weighted by Crippen LogP contribution is -2.13. The van der Waals surface area contributed by atoms with E-state index in [1.165, 1.54) is 12.8 Å². The molecule has 1 aliphatic rings. The second kappa shape index (κ2) is 10.7. The minimum atomic E-state index is -0.00448. The number of hydrogen-bond donors (Lipinski definition) is 1. The van der Waals surface area contributed by atoms with Gasteiger partial charge in [-0.3, -0.25) is 4.79 Å². The topological polar surface area (TPSA) is 56.8 Å². The highest BCUT2D eigenvalue weighted by Crippen LogP contribution is 2.25. The Kier molecular flexibility index (Phi) is 7.73. The molecule has 1 fully saturated rings. The lowest BCUT2D eigenvalue weighted by Gasteiger charge is -2.14. The van der Waals surface area contributed by atoms with E-state index in [0.717, 1.165) is 35.6 Å². The average molecular weight is 383 g/mol. The number of amides is 1. The molecule has 2 aromatic rings. The van der Waals surface area contributed by atoms with Gasteiger partial charge in [0, 0.05) is 19.2 Å². The van der Waals surface area contributed by atoms with Crippen LogP contribution in [-0.2, 0) is 16.0 Å². The maximum absolute atomic E-state index is 12.3. The van der Waals surface area contributed by atoms with Gasteiger partial charge in [-0.15, -0.1) is 0 Å². The molecule has 3 rings (SSSR count). The number of benzene rings is 2. The molecular formula is C23H29NO4. The third kappa shape index (κ3) is 6.57. The van der Waals surface area contributed by atoms with E-state index >= 15 is 0 Å². The van der Waals surface area contributed by atoms with Gasteiger partial charge < -0.3 is 19.5 Å². The summed E-state index contributed by atoms with van der Waals surface area (Å²) >= 11 is 0. The fourth-order valence-electron chi connectivity index (χ4n) is 3.33. The van der Waals surface area contributed by atoms with Gasteiger partial charge in [0.1, 0.15) is 18.1 Å². The second-order valence-corrected chi connectivity index (χ2v) is 7.09. The molecule has 2 aromatic carbocycles. The van der Waals surface area contributed by atoms with Gasteiger partial charge in [0.15, 0.2) is 0 Å². The molecule has 0 radical (unpaired) electrons. The predicted molar refractivity (Wildman–Crippen MR) is 110 cm³/mol. The molecule has 150 valence electrons. The summed E-state index contributed by atoms with van der Waals surface area (Å²) in [4.78, 5) is 12.3. The summed E-state index contributed by atoms with van der Waals surface area (Å²) in [5.74, 6) is 1.66. The zero-order valence-electron chi connectivity index (χ0n) is 16.5. The molecule has 1 aliphatic carbocycles. The molecule has 1 amide bonds. The van der Waals surface area contributed by atoms with Crippen LogP contribution < -0.4 is 14.8 Å². The van der Waals surface area contributed by atoms with E-state index in [4.69, 9.17) is 14.2 Å². The summed E-state index contributed by atoms with van der Waals surface area (Å²) in [5, 5.41) is 2.93. The zero-order valence-corrected chi connectivity index (χ0v) is 16.5. The predicted octanol–water partition coefficient (Wildman–Crippen LogP) is 4.60. The van der Waals surface area contributed by atoms with Crippen LogP contribution >= 0.6 is 0 Å². The van der Waals surface area contributed by atoms with E-state index in [0.29, 0.717) is 32.2 Å². The fraction of sp³-hybridized carbons (Fsp3) is 0.435. The minimum absolute atomic E-state index is 0.00448. The number of methoxy groups -OCH3 is 1. The molecule has 5 heteroatoms. The van der Waals surface area contributed by atoms with Crippen LogP contribution in [0.3, 0.4) is 0 Å². The summed E-state index contributed by atoms with van der Waals surface area (Å²) in [6, 6.07) is 15.5. The first kappa shape index (κ1) is 20.2. The Morgan fingerprint density at radius 3 is 2.57 bits per heavy atom. The molecule has 0 aromatic heterocycles. The highest BCUT2D eigenvalue weighted by atomic mass is 16.5. The molecule has 28 heavy (non-hydrogen) atoms. The van der Waals surface area contributed by atoms with E-state index in [-0.39, 0.29) is 5.91 Å². The van der Waals surface area contributed by atoms with Gasteiger partial charge >= 0.3 is 0 Å². The first-order valence-electron chi connectivity index (χ1n) is 10.0. The standard InChI is InChI=1S/C23H29NO4/c1-26-15-16-27-20-12-10-19(11-13-20)24-23(25)14-9-18-5-4-8-22(17-18)28-21-6-2-3-7-21/h4-5,8,10-13,17,21H,2-3,6-7,9,14-16H2,1H3,(H,24,25). The van der Waals surface area contributed by atoms with Gasteiger partial charge in [-0.05, 0) is 74.1 Å². The molecule has 0 saturated heterocycles. The van der Waals surface area contributed by atoms with Crippen LogP contribution in [0.1, 0.15) is 37.7 Å². The number of ether oxygens (including phenoxy) is 3. The molecule has 0 heterocycles. The Labute approximate surface area is 167 Å². The normalized spacial score (nSPS) is 14.0. The maximum atomic E-state index is 12.3. The Morgan fingerprint density at radius 1 is 1.04 bits per heavy atom. The zero-order chi connectivity index (χ0) is 19.6. The molecule has 0 aliphatic heterocycles. The SMILES string of the molecule is COCCOc1ccc(NC(=O)CCc2cccc(OC3CCCC3)c2)cc1. The Balaban J connectivity index is 1.43. The van der Waals surface area contributed by atoms with Crippen LogP contribution in [0.25, 0.3) is 0 Å². The van der Waals surface area contributed by atoms with E-state index in [2.05, 4.69) is 11.4 Å². The van der Waals surface area contributed by atoms with Gasteiger partial charge in [0.2, 0.25) is 5.91 Å². The van der Waals surface area contributed by atoms with E-state index in [9.17, 15) is 4.79 Å². The Morgan fingerprint density at radius 2 is 1.82 bits per heavy atom. The van der Waals surface area contributed by atoms with Crippen molar-refractivity contribution in [3.05, 3.63) is 54.1 Å². The van der Waals surface area contributed by atoms with Crippen molar-refractivity contribution >= 4 is 11.6 Å². The van der Waals surface area contributed by atoms with Crippen molar-refractivity contribution in [1.29, 1.82) is 0 Å². The molecule has 0 spiro atoms. The summed E-state index contributed by atoms with van der Waals surface area (Å²) in [5.41, 5.74) is 1.88. The van der Waals surface area contributed by atoms with E-state index < -0.39 is 0 Å². The quantitative estimate of drug-likeness (QED) is 0.609. The summed E-state index contributed by atoms with van der Waals surface area (Å²) < 4.78 is 16.5. The Bertz CT molecular complexity index is 739. The first-order valence-corrected chi connectivity index (χ1v) is 10.0. The van der Waals surface area contributed by atoms with Crippen molar-refractivity contribution < 1.29 is 19.0 Å². The van der Waals surface area contributed by atoms with Crippen molar-refractivity contribution in [2.75, 3.05) is 25.6 Å². The number of hydrogen-bond acceptors (Lipinski definition) is 4. The summed E-state index contributed by atoms with van der Waals surface area (Å²) in [6.45, 7) is 1.05. The number of rotatable bonds is 10. The molecular weight excluding hydrogens is 354 g/mol. The highest BCUT2D eigenvalue weighted by Gasteiger charge is 2.16. The van der Waals surface area contributed by atoms with E-state index in [1.807, 2.05) is 42.5 Å². The van der Waals surface area contributed by atoms with Crippen molar-refractivity contribution in [2.45, 2.75) is 44.6 Å². The number of carbonyl (C=O) groups is 1. The minimum Gasteiger partial charge on any atom is -0.491 e. The van der Waals surface area contributed by atoms with Crippen LogP contribution in [0, 0.1) is 0 Å². The number of anilines is 1. The van der Waals surface area contributed by atoms with Crippen molar-refractivity contribution in [3.8, 4) is 11.5 Å². The lowest BCUT2D eigenvalue weighted by atomic mass is 10.1. The van der Waals surface area contributed by atoms with Crippen LogP contribution in [-0.4, -0.2) is 32.3 Å². The van der Waals surface area contributed by atoms with Gasteiger partial charge in [-0.25, -0.2) is 0 Å². The molecule has 1 saturated carbocycles. The maximum Gasteiger partial charge on any atom is 0.224 e. The molecule has 5 nitrogen and oxygen atoms in total. The van der Waals surface area contributed by atoms with Gasteiger partial charge in [0.05, 0.1) is 12.7 Å². The van der Waals surface area contributed by atoms with Crippen LogP contribution in [0.15, 0.2) is 48.5 Å². The van der Waals surface area contributed by atoms with Crippen molar-refractivity contribution in [2.24, 2.45) is 0 Å². The second-order valence-electron chi connectivity index (χ2n) is 7.09. The fourth-order valence-corrected chi connectivity index (χ4v) is 3.33. The van der Waals surface area contributed by atoms with Gasteiger partial charge in [-0.1, -0.05) is 12.1 Å². The van der Waals surface area contributed by atoms with Gasteiger partial charge in [-0.2, -0.15) is 0 Å². The molecule has 1 N–H and O–H groups in total. The summed E-state index contributed by atoms with van der Waals surface area (Å²) in [6.07, 6.45) is 6.26. The third-order valence-electron chi connectivity index (χ3n) is 4.84.